The first-order valence-corrected chi connectivity index (χ1v) is 10.9. The smallest absolute Gasteiger partial charge is 0.335 e. The number of aliphatic hydroxyl groups is 2. The molecule has 0 aliphatic carbocycles. The first-order chi connectivity index (χ1) is 15.1. The Hall–Kier alpha value is -2.70. The summed E-state index contributed by atoms with van der Waals surface area (Å²) in [4.78, 5) is 20.4. The Labute approximate surface area is 191 Å². The molecule has 2 aromatic carbocycles. The van der Waals surface area contributed by atoms with Crippen LogP contribution in [0.3, 0.4) is 0 Å². The van der Waals surface area contributed by atoms with Crippen LogP contribution in [0.1, 0.15) is 61.8 Å². The average molecular weight is 447 g/mol. The molecule has 2 aromatic rings. The van der Waals surface area contributed by atoms with Gasteiger partial charge in [0.15, 0.2) is 0 Å². The summed E-state index contributed by atoms with van der Waals surface area (Å²) in [5.74, 6) is -0.487. The summed E-state index contributed by atoms with van der Waals surface area (Å²) in [5, 5.41) is 36.0. The van der Waals surface area contributed by atoms with Gasteiger partial charge in [-0.25, -0.2) is 9.59 Å². The van der Waals surface area contributed by atoms with Crippen LogP contribution in [0.5, 0.6) is 0 Å². The van der Waals surface area contributed by atoms with E-state index in [1.54, 1.807) is 60.7 Å². The molecule has 0 aliphatic heterocycles. The van der Waals surface area contributed by atoms with Crippen molar-refractivity contribution in [2.75, 3.05) is 6.61 Å². The number of carboxylic acids is 2. The maximum Gasteiger partial charge on any atom is 0.335 e. The van der Waals surface area contributed by atoms with Crippen molar-refractivity contribution in [2.24, 2.45) is 23.7 Å². The molecule has 6 nitrogen and oxygen atoms in total. The van der Waals surface area contributed by atoms with Gasteiger partial charge in [-0.15, -0.1) is 0 Å². The fourth-order valence-corrected chi connectivity index (χ4v) is 3.43. The minimum absolute atomic E-state index is 0.178. The van der Waals surface area contributed by atoms with Gasteiger partial charge in [0.05, 0.1) is 17.2 Å². The zero-order valence-corrected chi connectivity index (χ0v) is 19.7. The van der Waals surface area contributed by atoms with Crippen LogP contribution in [-0.4, -0.2) is 45.1 Å². The number of aliphatic hydroxyl groups excluding tert-OH is 2. The molecule has 3 unspecified atom stereocenters. The maximum atomic E-state index is 10.2. The molecule has 0 amide bonds. The molecule has 4 N–H and O–H groups in total. The Morgan fingerprint density at radius 3 is 1.31 bits per heavy atom. The second-order valence-corrected chi connectivity index (χ2v) is 8.23. The summed E-state index contributed by atoms with van der Waals surface area (Å²) < 4.78 is 0. The van der Waals surface area contributed by atoms with Crippen molar-refractivity contribution in [2.45, 2.75) is 47.1 Å². The van der Waals surface area contributed by atoms with Gasteiger partial charge >= 0.3 is 11.9 Å². The van der Waals surface area contributed by atoms with Crippen molar-refractivity contribution >= 4 is 11.9 Å². The first-order valence-electron chi connectivity index (χ1n) is 10.9. The monoisotopic (exact) mass is 446 g/mol. The van der Waals surface area contributed by atoms with Crippen LogP contribution in [0.15, 0.2) is 60.7 Å². The largest absolute Gasteiger partial charge is 0.478 e. The van der Waals surface area contributed by atoms with Crippen molar-refractivity contribution in [3.8, 4) is 0 Å². The topological polar surface area (TPSA) is 115 Å². The van der Waals surface area contributed by atoms with Crippen LogP contribution in [0.2, 0.25) is 0 Å². The predicted octanol–water partition coefficient (Wildman–Crippen LogP) is 5.06. The SMILES string of the molecule is CCC(O)C(C(C)C)C(CO)C(C)C.O=C(O)c1ccccc1.O=C(O)c1ccccc1. The van der Waals surface area contributed by atoms with Crippen molar-refractivity contribution in [1.82, 2.24) is 0 Å². The van der Waals surface area contributed by atoms with Crippen LogP contribution in [0, 0.1) is 23.7 Å². The van der Waals surface area contributed by atoms with Gasteiger partial charge in [0, 0.05) is 6.61 Å². The number of carboxylic acid groups (broad SMARTS) is 2. The predicted molar refractivity (Wildman–Crippen MR) is 127 cm³/mol. The lowest BCUT2D eigenvalue weighted by molar-refractivity contribution is 0.00227. The van der Waals surface area contributed by atoms with E-state index in [1.165, 1.54) is 0 Å². The molecule has 3 atom stereocenters. The summed E-state index contributed by atoms with van der Waals surface area (Å²) in [7, 11) is 0. The van der Waals surface area contributed by atoms with Gasteiger partial charge in [0.1, 0.15) is 0 Å². The van der Waals surface area contributed by atoms with Gasteiger partial charge in [-0.1, -0.05) is 71.0 Å². The Morgan fingerprint density at radius 2 is 1.12 bits per heavy atom. The molecule has 0 bridgehead atoms. The molecule has 6 heteroatoms. The fraction of sp³-hybridized carbons (Fsp3) is 0.462. The molecular weight excluding hydrogens is 408 g/mol. The molecule has 0 saturated carbocycles. The van der Waals surface area contributed by atoms with E-state index >= 15 is 0 Å². The number of hydrogen-bond donors (Lipinski definition) is 4. The van der Waals surface area contributed by atoms with Crippen molar-refractivity contribution in [3.05, 3.63) is 71.8 Å². The van der Waals surface area contributed by atoms with Crippen molar-refractivity contribution in [3.63, 3.8) is 0 Å². The molecule has 0 fully saturated rings. The standard InChI is InChI=1S/C12H26O2.2C7H6O2/c1-6-11(14)12(9(4)5)10(7-13)8(2)3;2*8-7(9)6-4-2-1-3-5-6/h8-14H,6-7H2,1-5H3;2*1-5H,(H,8,9). The number of rotatable bonds is 8. The van der Waals surface area contributed by atoms with E-state index in [1.807, 2.05) is 6.92 Å². The molecule has 0 saturated heterocycles. The van der Waals surface area contributed by atoms with E-state index in [-0.39, 0.29) is 24.5 Å². The summed E-state index contributed by atoms with van der Waals surface area (Å²) in [6.45, 7) is 10.6. The van der Waals surface area contributed by atoms with E-state index in [2.05, 4.69) is 27.7 Å². The second-order valence-electron chi connectivity index (χ2n) is 8.23. The fourth-order valence-electron chi connectivity index (χ4n) is 3.43. The Kier molecular flexibility index (Phi) is 14.7. The Bertz CT molecular complexity index is 709. The molecule has 0 radical (unpaired) electrons. The number of carbonyl (C=O) groups is 2. The Morgan fingerprint density at radius 1 is 0.750 bits per heavy atom. The highest BCUT2D eigenvalue weighted by Crippen LogP contribution is 2.31. The highest BCUT2D eigenvalue weighted by Gasteiger charge is 2.31. The van der Waals surface area contributed by atoms with Crippen LogP contribution in [0.4, 0.5) is 0 Å². The van der Waals surface area contributed by atoms with Crippen LogP contribution in [0.25, 0.3) is 0 Å². The van der Waals surface area contributed by atoms with Gasteiger partial charge in [-0.2, -0.15) is 0 Å². The quantitative estimate of drug-likeness (QED) is 0.450. The van der Waals surface area contributed by atoms with Gasteiger partial charge in [0.2, 0.25) is 0 Å². The zero-order chi connectivity index (χ0) is 24.7. The lowest BCUT2D eigenvalue weighted by Crippen LogP contribution is -2.36. The van der Waals surface area contributed by atoms with Crippen molar-refractivity contribution in [1.29, 1.82) is 0 Å². The van der Waals surface area contributed by atoms with E-state index < -0.39 is 11.9 Å². The molecule has 0 heterocycles. The third kappa shape index (κ3) is 11.1. The number of aromatic carboxylic acids is 2. The lowest BCUT2D eigenvalue weighted by Gasteiger charge is -2.35. The Balaban J connectivity index is 0.000000466. The summed E-state index contributed by atoms with van der Waals surface area (Å²) >= 11 is 0. The highest BCUT2D eigenvalue weighted by atomic mass is 16.4. The van der Waals surface area contributed by atoms with E-state index in [0.29, 0.717) is 23.0 Å². The van der Waals surface area contributed by atoms with E-state index in [9.17, 15) is 19.8 Å². The molecule has 32 heavy (non-hydrogen) atoms. The van der Waals surface area contributed by atoms with Crippen LogP contribution in [-0.2, 0) is 0 Å². The number of hydrogen-bond acceptors (Lipinski definition) is 4. The summed E-state index contributed by atoms with van der Waals surface area (Å²) in [5.41, 5.74) is 0.662. The van der Waals surface area contributed by atoms with Crippen LogP contribution < -0.4 is 0 Å². The van der Waals surface area contributed by atoms with E-state index in [0.717, 1.165) is 6.42 Å². The van der Waals surface area contributed by atoms with Gasteiger partial charge in [-0.05, 0) is 54.4 Å². The molecule has 178 valence electrons. The number of benzene rings is 2. The third-order valence-corrected chi connectivity index (χ3v) is 5.24. The van der Waals surface area contributed by atoms with E-state index in [4.69, 9.17) is 10.2 Å². The second kappa shape index (κ2) is 16.0. The summed E-state index contributed by atoms with van der Waals surface area (Å²) in [6, 6.07) is 16.6. The first kappa shape index (κ1) is 29.3. The lowest BCUT2D eigenvalue weighted by atomic mass is 9.74. The van der Waals surface area contributed by atoms with Crippen LogP contribution >= 0.6 is 0 Å². The van der Waals surface area contributed by atoms with Gasteiger partial charge < -0.3 is 20.4 Å². The minimum Gasteiger partial charge on any atom is -0.478 e. The molecule has 0 aromatic heterocycles. The summed E-state index contributed by atoms with van der Waals surface area (Å²) in [6.07, 6.45) is 0.487. The molecular formula is C26H38O6. The highest BCUT2D eigenvalue weighted by molar-refractivity contribution is 5.87. The molecule has 2 rings (SSSR count). The molecule has 0 spiro atoms. The average Bonchev–Trinajstić information content (AvgIpc) is 2.78. The third-order valence-electron chi connectivity index (χ3n) is 5.24. The van der Waals surface area contributed by atoms with Crippen molar-refractivity contribution < 1.29 is 30.0 Å². The molecule has 0 aliphatic rings. The van der Waals surface area contributed by atoms with Gasteiger partial charge in [0.25, 0.3) is 0 Å². The zero-order valence-electron chi connectivity index (χ0n) is 19.7. The maximum absolute atomic E-state index is 10.2. The minimum atomic E-state index is -0.879. The normalized spacial score (nSPS) is 13.2. The van der Waals surface area contributed by atoms with Gasteiger partial charge in [-0.3, -0.25) is 0 Å².